The third-order valence-corrected chi connectivity index (χ3v) is 4.06. The van der Waals surface area contributed by atoms with Gasteiger partial charge in [0.1, 0.15) is 6.61 Å². The van der Waals surface area contributed by atoms with E-state index >= 15 is 0 Å². The third kappa shape index (κ3) is 4.94. The standard InChI is InChI=1S/C17H20N2O5S/c1-22-9-15(20)19-13-6-12(7-14(23-2)16(13)24-3)17(21)18-8-11-4-5-25-10-11/h4-7,10H,8-9H2,1-3H3,(H,18,21)(H,19,20). The maximum absolute atomic E-state index is 12.4. The highest BCUT2D eigenvalue weighted by Crippen LogP contribution is 2.36. The number of methoxy groups -OCH3 is 3. The Labute approximate surface area is 149 Å². The summed E-state index contributed by atoms with van der Waals surface area (Å²) in [6.45, 7) is 0.308. The van der Waals surface area contributed by atoms with Gasteiger partial charge in [-0.05, 0) is 34.5 Å². The monoisotopic (exact) mass is 364 g/mol. The Morgan fingerprint density at radius 3 is 2.56 bits per heavy atom. The first kappa shape index (κ1) is 18.8. The van der Waals surface area contributed by atoms with Crippen molar-refractivity contribution in [2.24, 2.45) is 0 Å². The van der Waals surface area contributed by atoms with Crippen molar-refractivity contribution < 1.29 is 23.8 Å². The molecule has 0 aliphatic heterocycles. The van der Waals surface area contributed by atoms with Crippen LogP contribution in [0.25, 0.3) is 0 Å². The largest absolute Gasteiger partial charge is 0.493 e. The number of thiophene rings is 1. The molecular formula is C17H20N2O5S. The average molecular weight is 364 g/mol. The van der Waals surface area contributed by atoms with Crippen LogP contribution in [0.15, 0.2) is 29.0 Å². The Bertz CT molecular complexity index is 731. The number of hydrogen-bond acceptors (Lipinski definition) is 6. The van der Waals surface area contributed by atoms with E-state index in [1.54, 1.807) is 17.4 Å². The molecule has 134 valence electrons. The Morgan fingerprint density at radius 1 is 1.16 bits per heavy atom. The third-order valence-electron chi connectivity index (χ3n) is 3.32. The number of carbonyl (C=O) groups excluding carboxylic acids is 2. The quantitative estimate of drug-likeness (QED) is 0.751. The molecule has 0 radical (unpaired) electrons. The van der Waals surface area contributed by atoms with Crippen molar-refractivity contribution >= 4 is 28.8 Å². The van der Waals surface area contributed by atoms with Gasteiger partial charge in [-0.25, -0.2) is 0 Å². The second-order valence-electron chi connectivity index (χ2n) is 5.05. The Balaban J connectivity index is 2.24. The maximum atomic E-state index is 12.4. The lowest BCUT2D eigenvalue weighted by Crippen LogP contribution is -2.23. The highest BCUT2D eigenvalue weighted by Gasteiger charge is 2.18. The molecule has 8 heteroatoms. The van der Waals surface area contributed by atoms with Gasteiger partial charge >= 0.3 is 0 Å². The second kappa shape index (κ2) is 9.05. The van der Waals surface area contributed by atoms with Crippen LogP contribution in [0.4, 0.5) is 5.69 Å². The van der Waals surface area contributed by atoms with E-state index in [9.17, 15) is 9.59 Å². The van der Waals surface area contributed by atoms with E-state index in [1.165, 1.54) is 27.4 Å². The maximum Gasteiger partial charge on any atom is 0.251 e. The molecule has 2 aromatic rings. The van der Waals surface area contributed by atoms with E-state index in [0.29, 0.717) is 29.3 Å². The summed E-state index contributed by atoms with van der Waals surface area (Å²) in [7, 11) is 4.34. The van der Waals surface area contributed by atoms with Gasteiger partial charge in [-0.1, -0.05) is 0 Å². The predicted octanol–water partition coefficient (Wildman–Crippen LogP) is 2.28. The Hall–Kier alpha value is -2.58. The first-order chi connectivity index (χ1) is 12.1. The molecule has 1 heterocycles. The molecule has 2 N–H and O–H groups in total. The highest BCUT2D eigenvalue weighted by molar-refractivity contribution is 7.07. The van der Waals surface area contributed by atoms with Crippen molar-refractivity contribution in [3.05, 3.63) is 40.1 Å². The van der Waals surface area contributed by atoms with E-state index in [2.05, 4.69) is 10.6 Å². The zero-order valence-electron chi connectivity index (χ0n) is 14.3. The summed E-state index contributed by atoms with van der Waals surface area (Å²) < 4.78 is 15.4. The summed E-state index contributed by atoms with van der Waals surface area (Å²) in [6, 6.07) is 5.04. The van der Waals surface area contributed by atoms with Gasteiger partial charge in [0.05, 0.1) is 19.9 Å². The van der Waals surface area contributed by atoms with Crippen LogP contribution in [0.5, 0.6) is 11.5 Å². The normalized spacial score (nSPS) is 10.2. The summed E-state index contributed by atoms with van der Waals surface area (Å²) in [6.07, 6.45) is 0. The van der Waals surface area contributed by atoms with E-state index in [1.807, 2.05) is 16.8 Å². The molecule has 1 aromatic carbocycles. The molecular weight excluding hydrogens is 344 g/mol. The second-order valence-corrected chi connectivity index (χ2v) is 5.83. The minimum absolute atomic E-state index is 0.111. The van der Waals surface area contributed by atoms with E-state index in [-0.39, 0.29) is 18.4 Å². The van der Waals surface area contributed by atoms with Crippen LogP contribution in [0.3, 0.4) is 0 Å². The van der Waals surface area contributed by atoms with E-state index in [4.69, 9.17) is 14.2 Å². The van der Waals surface area contributed by atoms with Gasteiger partial charge in [0, 0.05) is 19.2 Å². The molecule has 0 saturated heterocycles. The SMILES string of the molecule is COCC(=O)Nc1cc(C(=O)NCc2ccsc2)cc(OC)c1OC. The lowest BCUT2D eigenvalue weighted by Gasteiger charge is -2.15. The van der Waals surface area contributed by atoms with Gasteiger partial charge in [0.25, 0.3) is 5.91 Å². The molecule has 25 heavy (non-hydrogen) atoms. The molecule has 2 amide bonds. The number of nitrogens with one attached hydrogen (secondary N) is 2. The van der Waals surface area contributed by atoms with E-state index < -0.39 is 0 Å². The van der Waals surface area contributed by atoms with Crippen LogP contribution in [0, 0.1) is 0 Å². The molecule has 2 rings (SSSR count). The van der Waals surface area contributed by atoms with E-state index in [0.717, 1.165) is 5.56 Å². The number of rotatable bonds is 8. The summed E-state index contributed by atoms with van der Waals surface area (Å²) in [5.41, 5.74) is 1.71. The number of ether oxygens (including phenoxy) is 3. The van der Waals surface area contributed by atoms with Crippen LogP contribution >= 0.6 is 11.3 Å². The first-order valence-corrected chi connectivity index (χ1v) is 8.37. The van der Waals surface area contributed by atoms with Crippen LogP contribution in [0.2, 0.25) is 0 Å². The van der Waals surface area contributed by atoms with Gasteiger partial charge < -0.3 is 24.8 Å². The van der Waals surface area contributed by atoms with Crippen molar-refractivity contribution in [3.63, 3.8) is 0 Å². The van der Waals surface area contributed by atoms with Gasteiger partial charge in [0.15, 0.2) is 11.5 Å². The average Bonchev–Trinajstić information content (AvgIpc) is 3.12. The van der Waals surface area contributed by atoms with Crippen molar-refractivity contribution in [2.45, 2.75) is 6.54 Å². The topological polar surface area (TPSA) is 85.9 Å². The Kier molecular flexibility index (Phi) is 6.79. The highest BCUT2D eigenvalue weighted by atomic mass is 32.1. The molecule has 0 spiro atoms. The summed E-state index contributed by atoms with van der Waals surface area (Å²) in [5, 5.41) is 9.39. The number of anilines is 1. The first-order valence-electron chi connectivity index (χ1n) is 7.43. The molecule has 0 bridgehead atoms. The molecule has 0 unspecified atom stereocenters. The van der Waals surface area contributed by atoms with Crippen LogP contribution in [0.1, 0.15) is 15.9 Å². The summed E-state index contributed by atoms with van der Waals surface area (Å²) in [5.74, 6) is 0.0350. The predicted molar refractivity (Wildman–Crippen MR) is 95.5 cm³/mol. The van der Waals surface area contributed by atoms with Crippen LogP contribution < -0.4 is 20.1 Å². The van der Waals surface area contributed by atoms with Crippen molar-refractivity contribution in [1.29, 1.82) is 0 Å². The molecule has 0 aliphatic rings. The van der Waals surface area contributed by atoms with Crippen molar-refractivity contribution in [2.75, 3.05) is 33.3 Å². The number of amides is 2. The molecule has 0 atom stereocenters. The lowest BCUT2D eigenvalue weighted by atomic mass is 10.1. The van der Waals surface area contributed by atoms with Gasteiger partial charge in [-0.2, -0.15) is 11.3 Å². The summed E-state index contributed by atoms with van der Waals surface area (Å²) in [4.78, 5) is 24.2. The zero-order valence-corrected chi connectivity index (χ0v) is 15.1. The number of hydrogen-bond donors (Lipinski definition) is 2. The Morgan fingerprint density at radius 2 is 1.96 bits per heavy atom. The van der Waals surface area contributed by atoms with Crippen molar-refractivity contribution in [3.8, 4) is 11.5 Å². The molecule has 1 aromatic heterocycles. The lowest BCUT2D eigenvalue weighted by molar-refractivity contribution is -0.119. The smallest absolute Gasteiger partial charge is 0.251 e. The fourth-order valence-electron chi connectivity index (χ4n) is 2.18. The molecule has 0 aliphatic carbocycles. The van der Waals surface area contributed by atoms with Crippen LogP contribution in [-0.2, 0) is 16.1 Å². The molecule has 7 nitrogen and oxygen atoms in total. The van der Waals surface area contributed by atoms with Gasteiger partial charge in [-0.15, -0.1) is 0 Å². The van der Waals surface area contributed by atoms with Crippen LogP contribution in [-0.4, -0.2) is 39.8 Å². The zero-order chi connectivity index (χ0) is 18.2. The minimum Gasteiger partial charge on any atom is -0.493 e. The van der Waals surface area contributed by atoms with Gasteiger partial charge in [0.2, 0.25) is 5.91 Å². The molecule has 0 saturated carbocycles. The summed E-state index contributed by atoms with van der Waals surface area (Å²) >= 11 is 1.56. The van der Waals surface area contributed by atoms with Gasteiger partial charge in [-0.3, -0.25) is 9.59 Å². The number of carbonyl (C=O) groups is 2. The van der Waals surface area contributed by atoms with Crippen molar-refractivity contribution in [1.82, 2.24) is 5.32 Å². The fraction of sp³-hybridized carbons (Fsp3) is 0.294. The number of benzene rings is 1. The minimum atomic E-state index is -0.362. The molecule has 0 fully saturated rings. The fourth-order valence-corrected chi connectivity index (χ4v) is 2.85.